The second-order valence-electron chi connectivity index (χ2n) is 4.58. The Kier molecular flexibility index (Phi) is 4.58. The molecular formula is C14H14Br2N2O. The van der Waals surface area contributed by atoms with Gasteiger partial charge in [-0.3, -0.25) is 0 Å². The van der Waals surface area contributed by atoms with Crippen molar-refractivity contribution in [1.29, 1.82) is 0 Å². The third kappa shape index (κ3) is 3.76. The van der Waals surface area contributed by atoms with E-state index in [1.165, 1.54) is 5.56 Å². The fourth-order valence-corrected chi connectivity index (χ4v) is 2.48. The Morgan fingerprint density at radius 2 is 1.84 bits per heavy atom. The summed E-state index contributed by atoms with van der Waals surface area (Å²) in [5, 5.41) is 0. The van der Waals surface area contributed by atoms with Gasteiger partial charge in [0.15, 0.2) is 0 Å². The summed E-state index contributed by atoms with van der Waals surface area (Å²) in [6, 6.07) is 7.69. The largest absolute Gasteiger partial charge is 0.438 e. The first kappa shape index (κ1) is 14.5. The van der Waals surface area contributed by atoms with Gasteiger partial charge < -0.3 is 4.74 Å². The predicted octanol–water partition coefficient (Wildman–Crippen LogP) is 5.23. The zero-order valence-corrected chi connectivity index (χ0v) is 14.1. The first-order valence-electron chi connectivity index (χ1n) is 5.94. The van der Waals surface area contributed by atoms with Crippen molar-refractivity contribution in [2.75, 3.05) is 0 Å². The highest BCUT2D eigenvalue weighted by Crippen LogP contribution is 2.30. The van der Waals surface area contributed by atoms with Gasteiger partial charge in [-0.25, -0.2) is 4.98 Å². The van der Waals surface area contributed by atoms with Crippen LogP contribution in [0.5, 0.6) is 11.6 Å². The second-order valence-corrected chi connectivity index (χ2v) is 6.24. The normalized spacial score (nSPS) is 10.8. The topological polar surface area (TPSA) is 35.0 Å². The van der Waals surface area contributed by atoms with Crippen molar-refractivity contribution >= 4 is 31.9 Å². The van der Waals surface area contributed by atoms with E-state index in [0.29, 0.717) is 5.88 Å². The van der Waals surface area contributed by atoms with Crippen LogP contribution in [0.2, 0.25) is 0 Å². The molecule has 1 heterocycles. The average Bonchev–Trinajstić information content (AvgIpc) is 2.32. The zero-order valence-electron chi connectivity index (χ0n) is 10.9. The maximum atomic E-state index is 5.81. The number of ether oxygens (including phenoxy) is 1. The first-order valence-corrected chi connectivity index (χ1v) is 7.53. The molecule has 3 nitrogen and oxygen atoms in total. The van der Waals surface area contributed by atoms with Crippen LogP contribution in [-0.2, 0) is 0 Å². The van der Waals surface area contributed by atoms with Crippen LogP contribution >= 0.6 is 31.9 Å². The van der Waals surface area contributed by atoms with Crippen LogP contribution in [0.25, 0.3) is 0 Å². The van der Waals surface area contributed by atoms with Crippen molar-refractivity contribution in [3.05, 3.63) is 44.7 Å². The summed E-state index contributed by atoms with van der Waals surface area (Å²) in [6.45, 7) is 6.13. The average molecular weight is 386 g/mol. The van der Waals surface area contributed by atoms with E-state index in [1.54, 1.807) is 6.07 Å². The fraction of sp³-hybridized carbons (Fsp3) is 0.286. The number of benzene rings is 1. The van der Waals surface area contributed by atoms with Gasteiger partial charge >= 0.3 is 0 Å². The molecular weight excluding hydrogens is 372 g/mol. The van der Waals surface area contributed by atoms with Crippen LogP contribution < -0.4 is 4.74 Å². The molecule has 0 fully saturated rings. The van der Waals surface area contributed by atoms with Crippen molar-refractivity contribution in [2.45, 2.75) is 26.7 Å². The maximum Gasteiger partial charge on any atom is 0.223 e. The summed E-state index contributed by atoms with van der Waals surface area (Å²) in [5.41, 5.74) is 1.17. The number of nitrogens with zero attached hydrogens (tertiary/aromatic N) is 2. The molecule has 1 aromatic carbocycles. The molecule has 1 aromatic heterocycles. The Bertz CT molecular complexity index is 600. The third-order valence-corrected chi connectivity index (χ3v) is 3.53. The molecule has 0 unspecified atom stereocenters. The lowest BCUT2D eigenvalue weighted by atomic mass is 10.2. The molecule has 0 amide bonds. The molecule has 2 rings (SSSR count). The van der Waals surface area contributed by atoms with Crippen LogP contribution in [0.4, 0.5) is 0 Å². The molecule has 0 aliphatic rings. The highest BCUT2D eigenvalue weighted by molar-refractivity contribution is 9.10. The summed E-state index contributed by atoms with van der Waals surface area (Å²) in [4.78, 5) is 8.73. The van der Waals surface area contributed by atoms with Crippen LogP contribution in [0.3, 0.4) is 0 Å². The Balaban J connectivity index is 2.32. The van der Waals surface area contributed by atoms with Crippen molar-refractivity contribution < 1.29 is 4.74 Å². The monoisotopic (exact) mass is 384 g/mol. The van der Waals surface area contributed by atoms with Gasteiger partial charge in [-0.05, 0) is 56.5 Å². The molecule has 0 saturated carbocycles. The molecule has 5 heteroatoms. The van der Waals surface area contributed by atoms with Crippen molar-refractivity contribution in [2.24, 2.45) is 0 Å². The minimum atomic E-state index is 0.251. The van der Waals surface area contributed by atoms with Gasteiger partial charge in [-0.15, -0.1) is 0 Å². The SMILES string of the molecule is Cc1ccc(Oc2cc(Br)nc(C(C)C)n2)c(Br)c1. The van der Waals surface area contributed by atoms with Crippen molar-refractivity contribution in [3.8, 4) is 11.6 Å². The molecule has 2 aromatic rings. The lowest BCUT2D eigenvalue weighted by Crippen LogP contribution is -2.00. The van der Waals surface area contributed by atoms with E-state index in [0.717, 1.165) is 20.6 Å². The van der Waals surface area contributed by atoms with E-state index in [2.05, 4.69) is 41.8 Å². The van der Waals surface area contributed by atoms with Gasteiger partial charge in [0, 0.05) is 12.0 Å². The van der Waals surface area contributed by atoms with Gasteiger partial charge in [0.25, 0.3) is 0 Å². The van der Waals surface area contributed by atoms with Gasteiger partial charge in [0.05, 0.1) is 4.47 Å². The summed E-state index contributed by atoms with van der Waals surface area (Å²) in [5.74, 6) is 2.29. The van der Waals surface area contributed by atoms with Gasteiger partial charge in [0.1, 0.15) is 16.2 Å². The van der Waals surface area contributed by atoms with Gasteiger partial charge in [-0.2, -0.15) is 4.98 Å². The second kappa shape index (κ2) is 6.01. The number of rotatable bonds is 3. The maximum absolute atomic E-state index is 5.81. The van der Waals surface area contributed by atoms with E-state index in [9.17, 15) is 0 Å². The number of hydrogen-bond donors (Lipinski definition) is 0. The summed E-state index contributed by atoms with van der Waals surface area (Å²) in [7, 11) is 0. The number of hydrogen-bond acceptors (Lipinski definition) is 3. The Morgan fingerprint density at radius 1 is 1.11 bits per heavy atom. The summed E-state index contributed by atoms with van der Waals surface area (Å²) >= 11 is 6.87. The number of aryl methyl sites for hydroxylation is 1. The molecule has 0 N–H and O–H groups in total. The van der Waals surface area contributed by atoms with E-state index in [1.807, 2.05) is 39.0 Å². The third-order valence-electron chi connectivity index (χ3n) is 2.51. The van der Waals surface area contributed by atoms with Crippen LogP contribution in [0.15, 0.2) is 33.3 Å². The molecule has 0 atom stereocenters. The minimum absolute atomic E-state index is 0.251. The predicted molar refractivity (Wildman–Crippen MR) is 82.8 cm³/mol. The summed E-state index contributed by atoms with van der Waals surface area (Å²) in [6.07, 6.45) is 0. The lowest BCUT2D eigenvalue weighted by Gasteiger charge is -2.10. The smallest absolute Gasteiger partial charge is 0.223 e. The zero-order chi connectivity index (χ0) is 14.0. The van der Waals surface area contributed by atoms with E-state index >= 15 is 0 Å². The molecule has 19 heavy (non-hydrogen) atoms. The van der Waals surface area contributed by atoms with Crippen molar-refractivity contribution in [1.82, 2.24) is 9.97 Å². The Labute approximate surface area is 129 Å². The lowest BCUT2D eigenvalue weighted by molar-refractivity contribution is 0.453. The molecule has 0 saturated heterocycles. The van der Waals surface area contributed by atoms with Gasteiger partial charge in [-0.1, -0.05) is 19.9 Å². The van der Waals surface area contributed by atoms with Gasteiger partial charge in [0.2, 0.25) is 5.88 Å². The number of aromatic nitrogens is 2. The standard InChI is InChI=1S/C14H14Br2N2O/c1-8(2)14-17-12(16)7-13(18-14)19-11-5-4-9(3)6-10(11)15/h4-8H,1-3H3. The van der Waals surface area contributed by atoms with E-state index in [-0.39, 0.29) is 5.92 Å². The summed E-state index contributed by atoms with van der Waals surface area (Å²) < 4.78 is 7.44. The number of halogens is 2. The molecule has 0 aliphatic heterocycles. The molecule has 0 bridgehead atoms. The fourth-order valence-electron chi connectivity index (χ4n) is 1.53. The molecule has 0 spiro atoms. The minimum Gasteiger partial charge on any atom is -0.438 e. The van der Waals surface area contributed by atoms with E-state index in [4.69, 9.17) is 4.74 Å². The first-order chi connectivity index (χ1) is 8.95. The Morgan fingerprint density at radius 3 is 2.47 bits per heavy atom. The van der Waals surface area contributed by atoms with Crippen LogP contribution in [0, 0.1) is 6.92 Å². The quantitative estimate of drug-likeness (QED) is 0.679. The molecule has 100 valence electrons. The van der Waals surface area contributed by atoms with Crippen LogP contribution in [-0.4, -0.2) is 9.97 Å². The molecule has 0 radical (unpaired) electrons. The highest BCUT2D eigenvalue weighted by atomic mass is 79.9. The molecule has 0 aliphatic carbocycles. The highest BCUT2D eigenvalue weighted by Gasteiger charge is 2.10. The van der Waals surface area contributed by atoms with E-state index < -0.39 is 0 Å². The van der Waals surface area contributed by atoms with Crippen molar-refractivity contribution in [3.63, 3.8) is 0 Å². The Hall–Kier alpha value is -0.940. The van der Waals surface area contributed by atoms with Crippen LogP contribution in [0.1, 0.15) is 31.2 Å².